The fourth-order valence-corrected chi connectivity index (χ4v) is 2.84. The van der Waals surface area contributed by atoms with Gasteiger partial charge >= 0.3 is 6.03 Å². The Balaban J connectivity index is 2.08. The first-order valence-electron chi connectivity index (χ1n) is 8.54. The van der Waals surface area contributed by atoms with E-state index in [4.69, 9.17) is 27.3 Å². The van der Waals surface area contributed by atoms with E-state index in [1.54, 1.807) is 36.0 Å². The number of amidine groups is 1. The lowest BCUT2D eigenvalue weighted by molar-refractivity contribution is 0.0975. The predicted octanol–water partition coefficient (Wildman–Crippen LogP) is 3.08. The Kier molecular flexibility index (Phi) is 8.93. The molecule has 0 aliphatic rings. The van der Waals surface area contributed by atoms with E-state index in [1.165, 1.54) is 0 Å². The van der Waals surface area contributed by atoms with Crippen LogP contribution in [-0.2, 0) is 11.3 Å². The number of nitrogens with two attached hydrogens (primary N) is 1. The van der Waals surface area contributed by atoms with Gasteiger partial charge in [-0.25, -0.2) is 4.79 Å². The van der Waals surface area contributed by atoms with Crippen molar-refractivity contribution < 1.29 is 14.7 Å². The summed E-state index contributed by atoms with van der Waals surface area (Å²) in [5.41, 5.74) is 7.58. The minimum Gasteiger partial charge on any atom is -0.393 e. The molecule has 0 heterocycles. The molecular formula is C19H23ClN4O3S. The lowest BCUT2D eigenvalue weighted by Crippen LogP contribution is -2.47. The van der Waals surface area contributed by atoms with Gasteiger partial charge < -0.3 is 26.3 Å². The summed E-state index contributed by atoms with van der Waals surface area (Å²) >= 11 is 7.50. The number of hydrogen-bond acceptors (Lipinski definition) is 5. The zero-order chi connectivity index (χ0) is 20.4. The number of anilines is 1. The van der Waals surface area contributed by atoms with Crippen molar-refractivity contribution in [1.82, 2.24) is 5.32 Å². The molecule has 0 aliphatic heterocycles. The zero-order valence-electron chi connectivity index (χ0n) is 15.4. The maximum atomic E-state index is 12.4. The number of carbonyl (C=O) groups excluding carboxylic acids is 1. The number of aliphatic hydroxyl groups is 1. The molecule has 9 heteroatoms. The summed E-state index contributed by atoms with van der Waals surface area (Å²) < 4.78 is 0. The first-order valence-corrected chi connectivity index (χ1v) is 10.1. The molecule has 0 radical (unpaired) electrons. The Hall–Kier alpha value is -2.42. The Morgan fingerprint density at radius 3 is 2.54 bits per heavy atom. The Labute approximate surface area is 173 Å². The average Bonchev–Trinajstić information content (AvgIpc) is 2.70. The fraction of sp³-hybridized carbons (Fsp3) is 0.263. The van der Waals surface area contributed by atoms with E-state index in [-0.39, 0.29) is 19.0 Å². The van der Waals surface area contributed by atoms with Gasteiger partial charge in [0.05, 0.1) is 12.6 Å². The van der Waals surface area contributed by atoms with Gasteiger partial charge in [0.15, 0.2) is 5.84 Å². The highest BCUT2D eigenvalue weighted by atomic mass is 35.5. The van der Waals surface area contributed by atoms with E-state index in [9.17, 15) is 4.79 Å². The summed E-state index contributed by atoms with van der Waals surface area (Å²) in [5.74, 6) is 0.105. The number of rotatable bonds is 9. The molecule has 7 nitrogen and oxygen atoms in total. The van der Waals surface area contributed by atoms with Crippen LogP contribution in [0.4, 0.5) is 10.5 Å². The van der Waals surface area contributed by atoms with Gasteiger partial charge in [0, 0.05) is 22.0 Å². The molecule has 5 N–H and O–H groups in total. The summed E-state index contributed by atoms with van der Waals surface area (Å²) in [6.45, 7) is -0.158. The number of benzene rings is 2. The predicted molar refractivity (Wildman–Crippen MR) is 114 cm³/mol. The van der Waals surface area contributed by atoms with E-state index < -0.39 is 12.1 Å². The number of hydrogen-bond donors (Lipinski definition) is 4. The normalized spacial score (nSPS) is 12.3. The topological polar surface area (TPSA) is 109 Å². The smallest absolute Gasteiger partial charge is 0.319 e. The van der Waals surface area contributed by atoms with E-state index in [1.807, 2.05) is 30.5 Å². The molecule has 150 valence electrons. The number of nitrogens with zero attached hydrogens (tertiary/aromatic N) is 1. The third-order valence-corrected chi connectivity index (χ3v) is 4.71. The van der Waals surface area contributed by atoms with Crippen LogP contribution in [0.2, 0.25) is 5.02 Å². The van der Waals surface area contributed by atoms with Crippen molar-refractivity contribution in [1.29, 1.82) is 0 Å². The first kappa shape index (κ1) is 21.9. The molecule has 0 fully saturated rings. The number of carbonyl (C=O) groups is 1. The van der Waals surface area contributed by atoms with Crippen LogP contribution >= 0.6 is 23.4 Å². The minimum atomic E-state index is -0.592. The van der Waals surface area contributed by atoms with E-state index in [2.05, 4.69) is 15.8 Å². The molecule has 0 spiro atoms. The largest absolute Gasteiger partial charge is 0.393 e. The number of nitrogens with one attached hydrogen (secondary N) is 2. The molecule has 1 atom stereocenters. The standard InChI is InChI=1S/C19H23ClN4O3S/c1-28-16-8-2-13(3-9-16)12-17(18(21)24-27-11-10-25)23-19(26)22-15-6-4-14(20)5-7-15/h2-9,17,25H,10-12H2,1H3,(H2,21,24)(H2,22,23,26)/t17-/m0/s1. The van der Waals surface area contributed by atoms with Crippen molar-refractivity contribution in [3.8, 4) is 0 Å². The van der Waals surface area contributed by atoms with Crippen LogP contribution in [0.5, 0.6) is 0 Å². The molecule has 2 rings (SSSR count). The van der Waals surface area contributed by atoms with Gasteiger partial charge in [-0.1, -0.05) is 28.9 Å². The summed E-state index contributed by atoms with van der Waals surface area (Å²) in [6.07, 6.45) is 2.43. The third-order valence-electron chi connectivity index (χ3n) is 3.72. The van der Waals surface area contributed by atoms with Crippen molar-refractivity contribution in [2.45, 2.75) is 17.4 Å². The second-order valence-corrected chi connectivity index (χ2v) is 7.10. The number of halogens is 1. The molecule has 0 bridgehead atoms. The van der Waals surface area contributed by atoms with Gasteiger partial charge in [-0.3, -0.25) is 0 Å². The second-order valence-electron chi connectivity index (χ2n) is 5.78. The molecule has 28 heavy (non-hydrogen) atoms. The number of aliphatic hydroxyl groups excluding tert-OH is 1. The van der Waals surface area contributed by atoms with Crippen molar-refractivity contribution in [3.63, 3.8) is 0 Å². The Morgan fingerprint density at radius 1 is 1.25 bits per heavy atom. The average molecular weight is 423 g/mol. The molecule has 0 aromatic heterocycles. The lowest BCUT2D eigenvalue weighted by atomic mass is 10.1. The number of urea groups is 1. The van der Waals surface area contributed by atoms with Gasteiger partial charge in [0.1, 0.15) is 6.61 Å². The van der Waals surface area contributed by atoms with Crippen LogP contribution in [0.1, 0.15) is 5.56 Å². The van der Waals surface area contributed by atoms with Gasteiger partial charge in [0.25, 0.3) is 0 Å². The third kappa shape index (κ3) is 7.30. The molecule has 0 saturated heterocycles. The molecule has 2 aromatic carbocycles. The Morgan fingerprint density at radius 2 is 1.93 bits per heavy atom. The monoisotopic (exact) mass is 422 g/mol. The molecule has 2 aromatic rings. The van der Waals surface area contributed by atoms with E-state index in [0.29, 0.717) is 17.1 Å². The first-order chi connectivity index (χ1) is 13.5. The highest BCUT2D eigenvalue weighted by molar-refractivity contribution is 7.98. The van der Waals surface area contributed by atoms with Gasteiger partial charge in [-0.05, 0) is 48.2 Å². The van der Waals surface area contributed by atoms with Crippen molar-refractivity contribution in [3.05, 3.63) is 59.1 Å². The Bertz CT molecular complexity index is 785. The zero-order valence-corrected chi connectivity index (χ0v) is 17.0. The fourth-order valence-electron chi connectivity index (χ4n) is 2.31. The number of oxime groups is 1. The maximum Gasteiger partial charge on any atom is 0.319 e. The van der Waals surface area contributed by atoms with Gasteiger partial charge in [0.2, 0.25) is 0 Å². The van der Waals surface area contributed by atoms with Crippen molar-refractivity contribution in [2.24, 2.45) is 10.9 Å². The minimum absolute atomic E-state index is 0.0206. The summed E-state index contributed by atoms with van der Waals surface area (Å²) in [7, 11) is 0. The van der Waals surface area contributed by atoms with Crippen molar-refractivity contribution >= 4 is 40.9 Å². The lowest BCUT2D eigenvalue weighted by Gasteiger charge is -2.19. The van der Waals surface area contributed by atoms with Crippen molar-refractivity contribution in [2.75, 3.05) is 24.8 Å². The van der Waals surface area contributed by atoms with E-state index in [0.717, 1.165) is 10.5 Å². The number of amides is 2. The molecular weight excluding hydrogens is 400 g/mol. The van der Waals surface area contributed by atoms with Crippen LogP contribution in [-0.4, -0.2) is 42.5 Å². The van der Waals surface area contributed by atoms with Crippen LogP contribution < -0.4 is 16.4 Å². The molecule has 0 aliphatic carbocycles. The highest BCUT2D eigenvalue weighted by Crippen LogP contribution is 2.16. The van der Waals surface area contributed by atoms with Crippen LogP contribution in [0.15, 0.2) is 58.6 Å². The summed E-state index contributed by atoms with van der Waals surface area (Å²) in [5, 5.41) is 18.7. The SMILES string of the molecule is CSc1ccc(C[C@H](NC(=O)Nc2ccc(Cl)cc2)C(N)=NOCCO)cc1. The molecule has 0 saturated carbocycles. The van der Waals surface area contributed by atoms with Crippen LogP contribution in [0.3, 0.4) is 0 Å². The molecule has 0 unspecified atom stereocenters. The van der Waals surface area contributed by atoms with E-state index >= 15 is 0 Å². The highest BCUT2D eigenvalue weighted by Gasteiger charge is 2.18. The number of thioether (sulfide) groups is 1. The molecule has 2 amide bonds. The van der Waals surface area contributed by atoms with Gasteiger partial charge in [-0.2, -0.15) is 0 Å². The summed E-state index contributed by atoms with van der Waals surface area (Å²) in [6, 6.07) is 13.7. The summed E-state index contributed by atoms with van der Waals surface area (Å²) in [4.78, 5) is 18.5. The van der Waals surface area contributed by atoms with Crippen LogP contribution in [0.25, 0.3) is 0 Å². The van der Waals surface area contributed by atoms with Crippen LogP contribution in [0, 0.1) is 0 Å². The van der Waals surface area contributed by atoms with Gasteiger partial charge in [-0.15, -0.1) is 11.8 Å². The second kappa shape index (κ2) is 11.4. The quantitative estimate of drug-likeness (QED) is 0.163. The maximum absolute atomic E-state index is 12.4.